The summed E-state index contributed by atoms with van der Waals surface area (Å²) in [6, 6.07) is 7.07. The quantitative estimate of drug-likeness (QED) is 0.297. The van der Waals surface area contributed by atoms with E-state index in [4.69, 9.17) is 15.2 Å². The maximum absolute atomic E-state index is 11.6. The number of halogens is 1. The number of nitrogens with two attached hydrogens (primary N) is 1. The number of fused-ring (bicyclic) bond motifs is 2. The smallest absolute Gasteiger partial charge is 0.238 e. The van der Waals surface area contributed by atoms with Gasteiger partial charge in [-0.15, -0.1) is 12.4 Å². The molecule has 0 fully saturated rings. The van der Waals surface area contributed by atoms with Gasteiger partial charge in [0.05, 0.1) is 11.8 Å². The summed E-state index contributed by atoms with van der Waals surface area (Å²) in [7, 11) is -1.15. The Balaban J connectivity index is 0.00000272. The van der Waals surface area contributed by atoms with Crippen molar-refractivity contribution in [2.75, 3.05) is 6.61 Å². The number of ether oxygens (including phenoxy) is 2. The van der Waals surface area contributed by atoms with Gasteiger partial charge in [0, 0.05) is 26.9 Å². The van der Waals surface area contributed by atoms with Crippen LogP contribution in [0.4, 0.5) is 0 Å². The third kappa shape index (κ3) is 5.33. The molecule has 7 nitrogen and oxygen atoms in total. The van der Waals surface area contributed by atoms with Crippen molar-refractivity contribution in [1.82, 2.24) is 14.5 Å². The minimum absolute atomic E-state index is 0. The average molecular weight is 461 g/mol. The Morgan fingerprint density at radius 1 is 1.32 bits per heavy atom. The summed E-state index contributed by atoms with van der Waals surface area (Å²) in [5, 5.41) is 0. The number of hydrogen-bond acceptors (Lipinski definition) is 6. The molecule has 9 heteroatoms. The Bertz CT molecular complexity index is 1080. The molecule has 1 aliphatic rings. The molecule has 0 spiro atoms. The largest absolute Gasteiger partial charge is 0.437 e. The SMILES string of the molecule is C[Si](C)(C)CCOCn1cc(C=O)c2nc(Oc3ccc4c(c3)[C@H](N)CC4)cnc21.Cl. The van der Waals surface area contributed by atoms with Crippen LogP contribution in [0.25, 0.3) is 11.2 Å². The van der Waals surface area contributed by atoms with Crippen LogP contribution >= 0.6 is 12.4 Å². The standard InChI is InChI=1S/C22H28N4O3Si.ClH/c1-30(2,3)9-8-28-14-26-12-16(13-27)21-22(26)24-11-20(25-21)29-17-6-4-15-5-7-19(23)18(15)10-17;/h4,6,10-13,19H,5,7-9,14,23H2,1-3H3;1H/t19-;/m1./s1. The van der Waals surface area contributed by atoms with Crippen molar-refractivity contribution in [3.8, 4) is 11.6 Å². The van der Waals surface area contributed by atoms with Gasteiger partial charge in [0.2, 0.25) is 5.88 Å². The van der Waals surface area contributed by atoms with Gasteiger partial charge in [0.1, 0.15) is 18.0 Å². The van der Waals surface area contributed by atoms with Gasteiger partial charge in [-0.05, 0) is 42.1 Å². The van der Waals surface area contributed by atoms with Gasteiger partial charge < -0.3 is 19.8 Å². The summed E-state index contributed by atoms with van der Waals surface area (Å²) in [6.45, 7) is 7.97. The van der Waals surface area contributed by atoms with E-state index in [1.54, 1.807) is 12.4 Å². The Labute approximate surface area is 189 Å². The van der Waals surface area contributed by atoms with E-state index in [1.807, 2.05) is 16.7 Å². The zero-order valence-electron chi connectivity index (χ0n) is 18.1. The highest BCUT2D eigenvalue weighted by Gasteiger charge is 2.20. The van der Waals surface area contributed by atoms with E-state index >= 15 is 0 Å². The van der Waals surface area contributed by atoms with E-state index < -0.39 is 8.07 Å². The minimum Gasteiger partial charge on any atom is -0.437 e. The Morgan fingerprint density at radius 2 is 2.13 bits per heavy atom. The molecule has 2 aromatic heterocycles. The molecule has 0 aliphatic heterocycles. The number of aromatic nitrogens is 3. The second-order valence-corrected chi connectivity index (χ2v) is 14.6. The van der Waals surface area contributed by atoms with Crippen LogP contribution in [0.1, 0.15) is 33.9 Å². The first-order valence-corrected chi connectivity index (χ1v) is 14.0. The average Bonchev–Trinajstić information content (AvgIpc) is 3.25. The van der Waals surface area contributed by atoms with Crippen LogP contribution < -0.4 is 10.5 Å². The van der Waals surface area contributed by atoms with Crippen molar-refractivity contribution in [2.24, 2.45) is 5.73 Å². The number of rotatable bonds is 8. The van der Waals surface area contributed by atoms with Gasteiger partial charge in [-0.2, -0.15) is 0 Å². The summed E-state index contributed by atoms with van der Waals surface area (Å²) in [6.07, 6.45) is 6.04. The first-order chi connectivity index (χ1) is 14.3. The van der Waals surface area contributed by atoms with Crippen molar-refractivity contribution >= 4 is 37.9 Å². The molecule has 3 aromatic rings. The fourth-order valence-corrected chi connectivity index (χ4v) is 4.39. The number of carbonyl (C=O) groups excluding carboxylic acids is 1. The molecule has 166 valence electrons. The predicted octanol–water partition coefficient (Wildman–Crippen LogP) is 4.72. The predicted molar refractivity (Wildman–Crippen MR) is 126 cm³/mol. The lowest BCUT2D eigenvalue weighted by Gasteiger charge is -2.15. The van der Waals surface area contributed by atoms with Crippen molar-refractivity contribution in [3.05, 3.63) is 47.3 Å². The normalized spacial score (nSPS) is 15.5. The van der Waals surface area contributed by atoms with Crippen LogP contribution in [-0.4, -0.2) is 35.5 Å². The molecule has 1 atom stereocenters. The first kappa shape index (κ1) is 23.4. The Hall–Kier alpha value is -2.26. The van der Waals surface area contributed by atoms with E-state index in [2.05, 4.69) is 35.7 Å². The van der Waals surface area contributed by atoms with Gasteiger partial charge in [-0.25, -0.2) is 9.97 Å². The zero-order valence-corrected chi connectivity index (χ0v) is 19.9. The minimum atomic E-state index is -1.15. The number of aldehydes is 1. The molecule has 2 N–H and O–H groups in total. The van der Waals surface area contributed by atoms with Crippen molar-refractivity contribution in [3.63, 3.8) is 0 Å². The van der Waals surface area contributed by atoms with Crippen LogP contribution in [-0.2, 0) is 17.9 Å². The van der Waals surface area contributed by atoms with Crippen LogP contribution in [0.2, 0.25) is 25.7 Å². The van der Waals surface area contributed by atoms with E-state index in [1.165, 1.54) is 5.56 Å². The van der Waals surface area contributed by atoms with E-state index in [9.17, 15) is 4.79 Å². The molecular weight excluding hydrogens is 432 g/mol. The molecule has 4 rings (SSSR count). The zero-order chi connectivity index (χ0) is 21.3. The fourth-order valence-electron chi connectivity index (χ4n) is 3.63. The second kappa shape index (κ2) is 9.48. The highest BCUT2D eigenvalue weighted by molar-refractivity contribution is 6.76. The van der Waals surface area contributed by atoms with Crippen molar-refractivity contribution in [1.29, 1.82) is 0 Å². The lowest BCUT2D eigenvalue weighted by molar-refractivity contribution is 0.0897. The second-order valence-electron chi connectivity index (χ2n) is 9.01. The topological polar surface area (TPSA) is 92.3 Å². The van der Waals surface area contributed by atoms with Crippen LogP contribution in [0.15, 0.2) is 30.6 Å². The molecule has 31 heavy (non-hydrogen) atoms. The van der Waals surface area contributed by atoms with Gasteiger partial charge in [-0.1, -0.05) is 25.7 Å². The van der Waals surface area contributed by atoms with E-state index in [0.29, 0.717) is 41.7 Å². The fraction of sp³-hybridized carbons (Fsp3) is 0.409. The third-order valence-electron chi connectivity index (χ3n) is 5.39. The summed E-state index contributed by atoms with van der Waals surface area (Å²) < 4.78 is 13.5. The molecule has 0 bridgehead atoms. The molecular formula is C22H29ClN4O3Si. The maximum atomic E-state index is 11.6. The molecule has 2 heterocycles. The van der Waals surface area contributed by atoms with Crippen LogP contribution in [0.5, 0.6) is 11.6 Å². The number of carbonyl (C=O) groups is 1. The maximum Gasteiger partial charge on any atom is 0.238 e. The van der Waals surface area contributed by atoms with E-state index in [0.717, 1.165) is 30.7 Å². The number of hydrogen-bond donors (Lipinski definition) is 1. The molecule has 1 aliphatic carbocycles. The molecule has 0 unspecified atom stereocenters. The molecule has 0 saturated heterocycles. The summed E-state index contributed by atoms with van der Waals surface area (Å²) >= 11 is 0. The lowest BCUT2D eigenvalue weighted by atomic mass is 10.1. The van der Waals surface area contributed by atoms with Gasteiger partial charge >= 0.3 is 0 Å². The molecule has 1 aromatic carbocycles. The third-order valence-corrected chi connectivity index (χ3v) is 7.09. The van der Waals surface area contributed by atoms with Crippen LogP contribution in [0, 0.1) is 0 Å². The Kier molecular flexibility index (Phi) is 7.16. The van der Waals surface area contributed by atoms with E-state index in [-0.39, 0.29) is 18.4 Å². The number of aryl methyl sites for hydroxylation is 1. The summed E-state index contributed by atoms with van der Waals surface area (Å²) in [5.74, 6) is 1.01. The summed E-state index contributed by atoms with van der Waals surface area (Å²) in [4.78, 5) is 20.6. The lowest BCUT2D eigenvalue weighted by Crippen LogP contribution is -2.22. The van der Waals surface area contributed by atoms with Crippen molar-refractivity contribution in [2.45, 2.75) is 51.3 Å². The van der Waals surface area contributed by atoms with Gasteiger partial charge in [0.25, 0.3) is 0 Å². The molecule has 0 saturated carbocycles. The Morgan fingerprint density at radius 3 is 2.87 bits per heavy atom. The molecule has 0 amide bonds. The van der Waals surface area contributed by atoms with Gasteiger partial charge in [0.15, 0.2) is 11.9 Å². The monoisotopic (exact) mass is 460 g/mol. The number of benzene rings is 1. The highest BCUT2D eigenvalue weighted by Crippen LogP contribution is 2.33. The first-order valence-electron chi connectivity index (χ1n) is 10.3. The summed E-state index contributed by atoms with van der Waals surface area (Å²) in [5.41, 5.74) is 10.1. The number of nitrogens with zero attached hydrogens (tertiary/aromatic N) is 3. The van der Waals surface area contributed by atoms with Crippen LogP contribution in [0.3, 0.4) is 0 Å². The highest BCUT2D eigenvalue weighted by atomic mass is 35.5. The molecule has 0 radical (unpaired) electrons. The van der Waals surface area contributed by atoms with Gasteiger partial charge in [-0.3, -0.25) is 4.79 Å². The van der Waals surface area contributed by atoms with Crippen molar-refractivity contribution < 1.29 is 14.3 Å².